The van der Waals surface area contributed by atoms with Gasteiger partial charge < -0.3 is 10.1 Å². The van der Waals surface area contributed by atoms with Gasteiger partial charge in [0.1, 0.15) is 5.01 Å². The molecule has 1 amide bonds. The molecule has 3 aromatic rings. The zero-order chi connectivity index (χ0) is 19.1. The lowest BCUT2D eigenvalue weighted by Gasteiger charge is -2.09. The zero-order valence-corrected chi connectivity index (χ0v) is 16.3. The lowest BCUT2D eigenvalue weighted by molar-refractivity contribution is -0.120. The number of ether oxygens (including phenoxy) is 1. The largest absolute Gasteiger partial charge is 0.374 e. The first-order chi connectivity index (χ1) is 13.1. The first-order valence-corrected chi connectivity index (χ1v) is 9.80. The van der Waals surface area contributed by atoms with Gasteiger partial charge in [0.25, 0.3) is 0 Å². The van der Waals surface area contributed by atoms with Crippen molar-refractivity contribution in [1.29, 1.82) is 0 Å². The first kappa shape index (κ1) is 19.2. The summed E-state index contributed by atoms with van der Waals surface area (Å²) >= 11 is 1.50. The molecule has 0 fully saturated rings. The third-order valence-corrected chi connectivity index (χ3v) is 4.79. The van der Waals surface area contributed by atoms with Gasteiger partial charge in [-0.3, -0.25) is 9.78 Å². The smallest absolute Gasteiger partial charge is 0.226 e. The average Bonchev–Trinajstić information content (AvgIpc) is 3.14. The molecule has 0 aliphatic carbocycles. The van der Waals surface area contributed by atoms with E-state index in [2.05, 4.69) is 15.3 Å². The molecule has 0 unspecified atom stereocenters. The van der Waals surface area contributed by atoms with E-state index in [9.17, 15) is 4.79 Å². The molecule has 5 nitrogen and oxygen atoms in total. The third-order valence-electron chi connectivity index (χ3n) is 3.87. The maximum absolute atomic E-state index is 12.2. The van der Waals surface area contributed by atoms with Crippen LogP contribution in [-0.4, -0.2) is 22.0 Å². The second-order valence-electron chi connectivity index (χ2n) is 6.49. The lowest BCUT2D eigenvalue weighted by atomic mass is 10.1. The Morgan fingerprint density at radius 3 is 2.63 bits per heavy atom. The summed E-state index contributed by atoms with van der Waals surface area (Å²) in [4.78, 5) is 21.0. The van der Waals surface area contributed by atoms with Crippen LogP contribution in [0.25, 0.3) is 10.7 Å². The molecule has 1 N–H and O–H groups in total. The Hall–Kier alpha value is -2.57. The molecule has 0 aliphatic rings. The van der Waals surface area contributed by atoms with Crippen molar-refractivity contribution in [1.82, 2.24) is 15.3 Å². The maximum atomic E-state index is 12.2. The molecule has 3 rings (SSSR count). The van der Waals surface area contributed by atoms with Gasteiger partial charge in [0.15, 0.2) is 0 Å². The zero-order valence-electron chi connectivity index (χ0n) is 15.5. The Bertz CT molecular complexity index is 861. The van der Waals surface area contributed by atoms with Gasteiger partial charge in [-0.15, -0.1) is 11.3 Å². The average molecular weight is 382 g/mol. The van der Waals surface area contributed by atoms with E-state index in [1.165, 1.54) is 11.3 Å². The number of pyridine rings is 1. The van der Waals surface area contributed by atoms with Crippen LogP contribution < -0.4 is 5.32 Å². The van der Waals surface area contributed by atoms with Gasteiger partial charge in [-0.05, 0) is 37.1 Å². The highest BCUT2D eigenvalue weighted by Crippen LogP contribution is 2.21. The highest BCUT2D eigenvalue weighted by molar-refractivity contribution is 7.13. The van der Waals surface area contributed by atoms with Crippen molar-refractivity contribution in [3.8, 4) is 10.7 Å². The Labute approximate surface area is 163 Å². The van der Waals surface area contributed by atoms with Crippen LogP contribution >= 0.6 is 11.3 Å². The van der Waals surface area contributed by atoms with Crippen LogP contribution in [0.1, 0.15) is 30.7 Å². The van der Waals surface area contributed by atoms with Crippen LogP contribution in [-0.2, 0) is 29.1 Å². The monoisotopic (exact) mass is 381 g/mol. The molecule has 0 atom stereocenters. The lowest BCUT2D eigenvalue weighted by Crippen LogP contribution is -2.24. The van der Waals surface area contributed by atoms with E-state index in [-0.39, 0.29) is 18.4 Å². The molecular formula is C21H23N3O2S. The van der Waals surface area contributed by atoms with Crippen molar-refractivity contribution < 1.29 is 9.53 Å². The van der Waals surface area contributed by atoms with Crippen LogP contribution in [0.5, 0.6) is 0 Å². The van der Waals surface area contributed by atoms with Gasteiger partial charge in [-0.2, -0.15) is 0 Å². The SMILES string of the molecule is CC(C)OCc1ccc(CNC(=O)Cc2csc(-c3ccccn3)n2)cc1. The number of carbonyl (C=O) groups excluding carboxylic acids is 1. The fourth-order valence-corrected chi connectivity index (χ4v) is 3.23. The number of carbonyl (C=O) groups is 1. The fraction of sp³-hybridized carbons (Fsp3) is 0.286. The Morgan fingerprint density at radius 2 is 1.93 bits per heavy atom. The predicted octanol–water partition coefficient (Wildman–Crippen LogP) is 3.99. The van der Waals surface area contributed by atoms with Crippen molar-refractivity contribution in [3.63, 3.8) is 0 Å². The summed E-state index contributed by atoms with van der Waals surface area (Å²) in [6.45, 7) is 5.14. The van der Waals surface area contributed by atoms with E-state index >= 15 is 0 Å². The molecule has 0 saturated heterocycles. The van der Waals surface area contributed by atoms with Gasteiger partial charge in [-0.1, -0.05) is 30.3 Å². The molecule has 0 spiro atoms. The van der Waals surface area contributed by atoms with Crippen molar-refractivity contribution >= 4 is 17.2 Å². The van der Waals surface area contributed by atoms with E-state index in [1.807, 2.05) is 61.7 Å². The minimum atomic E-state index is -0.0416. The van der Waals surface area contributed by atoms with Gasteiger partial charge in [0.2, 0.25) is 5.91 Å². The summed E-state index contributed by atoms with van der Waals surface area (Å²) in [5, 5.41) is 5.69. The molecule has 1 aromatic carbocycles. The van der Waals surface area contributed by atoms with Gasteiger partial charge in [0, 0.05) is 18.1 Å². The molecule has 0 radical (unpaired) electrons. The summed E-state index contributed by atoms with van der Waals surface area (Å²) in [6.07, 6.45) is 2.22. The second kappa shape index (κ2) is 9.39. The van der Waals surface area contributed by atoms with Crippen LogP contribution in [0.3, 0.4) is 0 Å². The number of hydrogen-bond acceptors (Lipinski definition) is 5. The minimum absolute atomic E-state index is 0.0416. The van der Waals surface area contributed by atoms with Crippen molar-refractivity contribution in [3.05, 3.63) is 70.9 Å². The molecule has 0 aliphatic heterocycles. The van der Waals surface area contributed by atoms with Crippen molar-refractivity contribution in [2.24, 2.45) is 0 Å². The summed E-state index contributed by atoms with van der Waals surface area (Å²) in [6, 6.07) is 13.8. The number of amides is 1. The van der Waals surface area contributed by atoms with Crippen LogP contribution in [0, 0.1) is 0 Å². The number of nitrogens with zero attached hydrogens (tertiary/aromatic N) is 2. The van der Waals surface area contributed by atoms with E-state index in [0.717, 1.165) is 27.5 Å². The third kappa shape index (κ3) is 5.98. The number of benzene rings is 1. The number of hydrogen-bond donors (Lipinski definition) is 1. The molecule has 27 heavy (non-hydrogen) atoms. The van der Waals surface area contributed by atoms with Crippen LogP contribution in [0.2, 0.25) is 0 Å². The van der Waals surface area contributed by atoms with Crippen LogP contribution in [0.4, 0.5) is 0 Å². The predicted molar refractivity (Wildman–Crippen MR) is 107 cm³/mol. The highest BCUT2D eigenvalue weighted by Gasteiger charge is 2.09. The summed E-state index contributed by atoms with van der Waals surface area (Å²) in [5.74, 6) is -0.0416. The first-order valence-electron chi connectivity index (χ1n) is 8.92. The number of aromatic nitrogens is 2. The maximum Gasteiger partial charge on any atom is 0.226 e. The van der Waals surface area contributed by atoms with Gasteiger partial charge in [0.05, 0.1) is 30.5 Å². The molecule has 0 bridgehead atoms. The Balaban J connectivity index is 1.48. The van der Waals surface area contributed by atoms with Gasteiger partial charge >= 0.3 is 0 Å². The van der Waals surface area contributed by atoms with Crippen molar-refractivity contribution in [2.75, 3.05) is 0 Å². The Morgan fingerprint density at radius 1 is 1.15 bits per heavy atom. The standard InChI is InChI=1S/C21H23N3O2S/c1-15(2)26-13-17-8-6-16(7-9-17)12-23-20(25)11-18-14-27-21(24-18)19-5-3-4-10-22-19/h3-10,14-15H,11-13H2,1-2H3,(H,23,25). The molecule has 140 valence electrons. The Kier molecular flexibility index (Phi) is 6.68. The van der Waals surface area contributed by atoms with E-state index in [0.29, 0.717) is 13.2 Å². The summed E-state index contributed by atoms with van der Waals surface area (Å²) in [7, 11) is 0. The number of rotatable bonds is 8. The molecule has 6 heteroatoms. The molecule has 0 saturated carbocycles. The molecule has 2 aromatic heterocycles. The topological polar surface area (TPSA) is 64.1 Å². The van der Waals surface area contributed by atoms with Crippen molar-refractivity contribution in [2.45, 2.75) is 39.5 Å². The van der Waals surface area contributed by atoms with E-state index < -0.39 is 0 Å². The second-order valence-corrected chi connectivity index (χ2v) is 7.35. The minimum Gasteiger partial charge on any atom is -0.374 e. The van der Waals surface area contributed by atoms with E-state index in [4.69, 9.17) is 4.74 Å². The highest BCUT2D eigenvalue weighted by atomic mass is 32.1. The number of nitrogens with one attached hydrogen (secondary N) is 1. The summed E-state index contributed by atoms with van der Waals surface area (Å²) < 4.78 is 5.59. The molecule has 2 heterocycles. The van der Waals surface area contributed by atoms with E-state index in [1.54, 1.807) is 6.20 Å². The normalized spacial score (nSPS) is 10.9. The van der Waals surface area contributed by atoms with Gasteiger partial charge in [-0.25, -0.2) is 4.98 Å². The summed E-state index contributed by atoms with van der Waals surface area (Å²) in [5.41, 5.74) is 3.78. The van der Waals surface area contributed by atoms with Crippen LogP contribution in [0.15, 0.2) is 54.0 Å². The number of thiazole rings is 1. The quantitative estimate of drug-likeness (QED) is 0.641. The molecular weight excluding hydrogens is 358 g/mol. The fourth-order valence-electron chi connectivity index (χ4n) is 2.44.